The van der Waals surface area contributed by atoms with Crippen LogP contribution < -0.4 is 5.32 Å². The van der Waals surface area contributed by atoms with Gasteiger partial charge in [-0.2, -0.15) is 0 Å². The van der Waals surface area contributed by atoms with E-state index < -0.39 is 0 Å². The third kappa shape index (κ3) is 1.10. The largest absolute Gasteiger partial charge is 0.296 e. The minimum absolute atomic E-state index is 0.0234. The highest BCUT2D eigenvalue weighted by molar-refractivity contribution is 6.07. The van der Waals surface area contributed by atoms with Crippen LogP contribution in [0.25, 0.3) is 0 Å². The van der Waals surface area contributed by atoms with E-state index in [-0.39, 0.29) is 23.1 Å². The van der Waals surface area contributed by atoms with Crippen LogP contribution in [0.5, 0.6) is 0 Å². The molecule has 1 heterocycles. The molecule has 0 aromatic carbocycles. The van der Waals surface area contributed by atoms with E-state index in [1.54, 1.807) is 0 Å². The molecule has 13 heavy (non-hydrogen) atoms. The molecule has 1 saturated carbocycles. The van der Waals surface area contributed by atoms with Gasteiger partial charge in [-0.1, -0.05) is 26.2 Å². The van der Waals surface area contributed by atoms with Crippen molar-refractivity contribution < 1.29 is 9.59 Å². The SMILES string of the molecule is CC1C(=O)NC(=O)C12CCCCC2. The van der Waals surface area contributed by atoms with Crippen molar-refractivity contribution in [2.45, 2.75) is 39.0 Å². The lowest BCUT2D eigenvalue weighted by Crippen LogP contribution is -2.36. The van der Waals surface area contributed by atoms with Crippen molar-refractivity contribution in [1.82, 2.24) is 5.32 Å². The van der Waals surface area contributed by atoms with Crippen LogP contribution >= 0.6 is 0 Å². The second kappa shape index (κ2) is 2.82. The number of imide groups is 1. The summed E-state index contributed by atoms with van der Waals surface area (Å²) in [5, 5.41) is 2.45. The number of hydrogen-bond donors (Lipinski definition) is 1. The third-order valence-electron chi connectivity index (χ3n) is 3.66. The molecule has 0 radical (unpaired) electrons. The van der Waals surface area contributed by atoms with Crippen LogP contribution in [0, 0.1) is 11.3 Å². The van der Waals surface area contributed by atoms with Crippen molar-refractivity contribution in [3.63, 3.8) is 0 Å². The first-order chi connectivity index (χ1) is 6.17. The summed E-state index contributed by atoms with van der Waals surface area (Å²) in [4.78, 5) is 23.0. The molecular formula is C10H15NO2. The first-order valence-electron chi connectivity index (χ1n) is 5.02. The van der Waals surface area contributed by atoms with Gasteiger partial charge in [-0.05, 0) is 12.8 Å². The summed E-state index contributed by atoms with van der Waals surface area (Å²) in [5.41, 5.74) is -0.338. The van der Waals surface area contributed by atoms with Crippen molar-refractivity contribution in [1.29, 1.82) is 0 Å². The number of nitrogens with one attached hydrogen (secondary N) is 1. The van der Waals surface area contributed by atoms with Crippen molar-refractivity contribution >= 4 is 11.8 Å². The van der Waals surface area contributed by atoms with Crippen LogP contribution in [0.4, 0.5) is 0 Å². The molecule has 3 heteroatoms. The summed E-state index contributed by atoms with van der Waals surface area (Å²) in [6, 6.07) is 0. The van der Waals surface area contributed by atoms with Gasteiger partial charge in [0, 0.05) is 5.92 Å². The predicted octanol–water partition coefficient (Wildman–Crippen LogP) is 1.23. The standard InChI is InChI=1S/C10H15NO2/c1-7-8(12)11-9(13)10(7)5-3-2-4-6-10/h7H,2-6H2,1H3,(H,11,12,13). The fourth-order valence-corrected chi connectivity index (χ4v) is 2.63. The van der Waals surface area contributed by atoms with Crippen molar-refractivity contribution in [3.8, 4) is 0 Å². The van der Waals surface area contributed by atoms with Crippen LogP contribution in [0.3, 0.4) is 0 Å². The van der Waals surface area contributed by atoms with E-state index in [0.29, 0.717) is 0 Å². The van der Waals surface area contributed by atoms with Crippen molar-refractivity contribution in [2.24, 2.45) is 11.3 Å². The van der Waals surface area contributed by atoms with Crippen LogP contribution in [-0.2, 0) is 9.59 Å². The van der Waals surface area contributed by atoms with Crippen LogP contribution in [0.1, 0.15) is 39.0 Å². The number of carbonyl (C=O) groups excluding carboxylic acids is 2. The topological polar surface area (TPSA) is 46.2 Å². The lowest BCUT2D eigenvalue weighted by molar-refractivity contribution is -0.130. The zero-order valence-electron chi connectivity index (χ0n) is 7.93. The van der Waals surface area contributed by atoms with Crippen molar-refractivity contribution in [3.05, 3.63) is 0 Å². The smallest absolute Gasteiger partial charge is 0.233 e. The molecule has 2 aliphatic rings. The van der Waals surface area contributed by atoms with Gasteiger partial charge in [0.2, 0.25) is 11.8 Å². The molecule has 1 aliphatic heterocycles. The quantitative estimate of drug-likeness (QED) is 0.571. The van der Waals surface area contributed by atoms with Gasteiger partial charge in [0.15, 0.2) is 0 Å². The number of amides is 2. The molecule has 0 aromatic rings. The monoisotopic (exact) mass is 181 g/mol. The van der Waals surface area contributed by atoms with E-state index >= 15 is 0 Å². The maximum Gasteiger partial charge on any atom is 0.233 e. The summed E-state index contributed by atoms with van der Waals surface area (Å²) in [5.74, 6) is -0.211. The van der Waals surface area contributed by atoms with Gasteiger partial charge in [0.25, 0.3) is 0 Å². The summed E-state index contributed by atoms with van der Waals surface area (Å²) < 4.78 is 0. The molecular weight excluding hydrogens is 166 g/mol. The lowest BCUT2D eigenvalue weighted by Gasteiger charge is -2.33. The number of hydrogen-bond acceptors (Lipinski definition) is 2. The van der Waals surface area contributed by atoms with Gasteiger partial charge in [-0.25, -0.2) is 0 Å². The number of carbonyl (C=O) groups is 2. The van der Waals surface area contributed by atoms with Gasteiger partial charge < -0.3 is 0 Å². The van der Waals surface area contributed by atoms with Gasteiger partial charge in [-0.15, -0.1) is 0 Å². The minimum Gasteiger partial charge on any atom is -0.296 e. The van der Waals surface area contributed by atoms with E-state index in [1.165, 1.54) is 6.42 Å². The Morgan fingerprint density at radius 2 is 1.85 bits per heavy atom. The summed E-state index contributed by atoms with van der Waals surface area (Å²) in [7, 11) is 0. The van der Waals surface area contributed by atoms with E-state index in [1.807, 2.05) is 6.92 Å². The molecule has 2 amide bonds. The van der Waals surface area contributed by atoms with Crippen LogP contribution in [-0.4, -0.2) is 11.8 Å². The summed E-state index contributed by atoms with van der Waals surface area (Å²) >= 11 is 0. The van der Waals surface area contributed by atoms with Crippen molar-refractivity contribution in [2.75, 3.05) is 0 Å². The normalized spacial score (nSPS) is 32.2. The average Bonchev–Trinajstić information content (AvgIpc) is 2.34. The van der Waals surface area contributed by atoms with E-state index in [4.69, 9.17) is 0 Å². The maximum absolute atomic E-state index is 11.6. The highest BCUT2D eigenvalue weighted by Gasteiger charge is 2.52. The molecule has 2 fully saturated rings. The first-order valence-corrected chi connectivity index (χ1v) is 5.02. The Kier molecular flexibility index (Phi) is 1.90. The molecule has 1 saturated heterocycles. The zero-order valence-corrected chi connectivity index (χ0v) is 7.93. The first kappa shape index (κ1) is 8.73. The van der Waals surface area contributed by atoms with Crippen LogP contribution in [0.2, 0.25) is 0 Å². The number of rotatable bonds is 0. The second-order valence-corrected chi connectivity index (χ2v) is 4.26. The Morgan fingerprint density at radius 1 is 1.23 bits per heavy atom. The van der Waals surface area contributed by atoms with Gasteiger partial charge in [0.05, 0.1) is 5.41 Å². The predicted molar refractivity (Wildman–Crippen MR) is 47.8 cm³/mol. The minimum atomic E-state index is -0.338. The molecule has 3 nitrogen and oxygen atoms in total. The molecule has 1 spiro atoms. The second-order valence-electron chi connectivity index (χ2n) is 4.26. The zero-order chi connectivity index (χ0) is 9.47. The van der Waals surface area contributed by atoms with Gasteiger partial charge in [0.1, 0.15) is 0 Å². The molecule has 2 rings (SSSR count). The Bertz CT molecular complexity index is 254. The highest BCUT2D eigenvalue weighted by atomic mass is 16.2. The Hall–Kier alpha value is -0.860. The average molecular weight is 181 g/mol. The fraction of sp³-hybridized carbons (Fsp3) is 0.800. The third-order valence-corrected chi connectivity index (χ3v) is 3.66. The summed E-state index contributed by atoms with van der Waals surface area (Å²) in [6.45, 7) is 1.88. The molecule has 1 aliphatic carbocycles. The molecule has 1 unspecified atom stereocenters. The van der Waals surface area contributed by atoms with Gasteiger partial charge in [-0.3, -0.25) is 14.9 Å². The van der Waals surface area contributed by atoms with E-state index in [0.717, 1.165) is 25.7 Å². The Morgan fingerprint density at radius 3 is 2.31 bits per heavy atom. The summed E-state index contributed by atoms with van der Waals surface area (Å²) in [6.07, 6.45) is 5.17. The Labute approximate surface area is 77.9 Å². The molecule has 0 bridgehead atoms. The molecule has 72 valence electrons. The highest BCUT2D eigenvalue weighted by Crippen LogP contribution is 2.45. The molecule has 1 atom stereocenters. The van der Waals surface area contributed by atoms with E-state index in [2.05, 4.69) is 5.32 Å². The van der Waals surface area contributed by atoms with Crippen LogP contribution in [0.15, 0.2) is 0 Å². The Balaban J connectivity index is 2.28. The van der Waals surface area contributed by atoms with E-state index in [9.17, 15) is 9.59 Å². The fourth-order valence-electron chi connectivity index (χ4n) is 2.63. The molecule has 1 N–H and O–H groups in total. The molecule has 0 aromatic heterocycles. The van der Waals surface area contributed by atoms with Gasteiger partial charge >= 0.3 is 0 Å². The lowest BCUT2D eigenvalue weighted by atomic mass is 9.68. The maximum atomic E-state index is 11.6.